The summed E-state index contributed by atoms with van der Waals surface area (Å²) in [7, 11) is 0. The first kappa shape index (κ1) is 8.98. The van der Waals surface area contributed by atoms with Crippen molar-refractivity contribution in [2.75, 3.05) is 0 Å². The van der Waals surface area contributed by atoms with E-state index in [-0.39, 0.29) is 0 Å². The first-order valence-electron chi connectivity index (χ1n) is 4.29. The van der Waals surface area contributed by atoms with Gasteiger partial charge in [0.25, 0.3) is 0 Å². The lowest BCUT2D eigenvalue weighted by Gasteiger charge is -2.05. The number of allylic oxidation sites excluding steroid dienone is 1. The van der Waals surface area contributed by atoms with E-state index >= 15 is 0 Å². The molecule has 0 bridgehead atoms. The third-order valence-corrected chi connectivity index (χ3v) is 1.86. The summed E-state index contributed by atoms with van der Waals surface area (Å²) in [5.41, 5.74) is 2.46. The second-order valence-corrected chi connectivity index (χ2v) is 3.23. The molecule has 1 heteroatoms. The highest BCUT2D eigenvalue weighted by molar-refractivity contribution is 5.20. The lowest BCUT2D eigenvalue weighted by molar-refractivity contribution is 0.857. The maximum atomic E-state index is 4.24. The summed E-state index contributed by atoms with van der Waals surface area (Å²) in [6.45, 7) is 8.07. The van der Waals surface area contributed by atoms with Crippen LogP contribution in [0.25, 0.3) is 0 Å². The van der Waals surface area contributed by atoms with Crippen molar-refractivity contribution in [2.45, 2.75) is 26.2 Å². The molecule has 1 aromatic heterocycles. The fourth-order valence-corrected chi connectivity index (χ4v) is 1.12. The second-order valence-electron chi connectivity index (χ2n) is 3.23. The Morgan fingerprint density at radius 1 is 1.58 bits per heavy atom. The molecular weight excluding hydrogens is 146 g/mol. The Hall–Kier alpha value is -1.11. The van der Waals surface area contributed by atoms with Gasteiger partial charge >= 0.3 is 0 Å². The van der Waals surface area contributed by atoms with Crippen molar-refractivity contribution in [3.8, 4) is 0 Å². The Labute approximate surface area is 74.2 Å². The summed E-state index contributed by atoms with van der Waals surface area (Å²) in [6, 6.07) is 4.21. The Bertz CT molecular complexity index is 263. The summed E-state index contributed by atoms with van der Waals surface area (Å²) in [5, 5.41) is 0. The maximum Gasteiger partial charge on any atom is 0.0443 e. The number of hydrogen-bond donors (Lipinski definition) is 0. The van der Waals surface area contributed by atoms with Gasteiger partial charge in [-0.05, 0) is 23.6 Å². The zero-order valence-corrected chi connectivity index (χ0v) is 7.75. The van der Waals surface area contributed by atoms with Crippen molar-refractivity contribution in [3.05, 3.63) is 42.2 Å². The summed E-state index contributed by atoms with van der Waals surface area (Å²) in [6.07, 6.45) is 4.61. The third-order valence-electron chi connectivity index (χ3n) is 1.86. The van der Waals surface area contributed by atoms with Crippen molar-refractivity contribution < 1.29 is 0 Å². The molecule has 1 heterocycles. The number of rotatable bonds is 3. The van der Waals surface area contributed by atoms with Gasteiger partial charge in [0.1, 0.15) is 0 Å². The molecule has 0 spiro atoms. The zero-order chi connectivity index (χ0) is 8.97. The van der Waals surface area contributed by atoms with Crippen LogP contribution in [0, 0.1) is 0 Å². The molecule has 0 radical (unpaired) electrons. The zero-order valence-electron chi connectivity index (χ0n) is 7.75. The van der Waals surface area contributed by atoms with Crippen molar-refractivity contribution in [1.29, 1.82) is 0 Å². The van der Waals surface area contributed by atoms with Crippen molar-refractivity contribution in [1.82, 2.24) is 4.98 Å². The molecule has 0 amide bonds. The van der Waals surface area contributed by atoms with Crippen molar-refractivity contribution in [2.24, 2.45) is 0 Å². The molecule has 0 fully saturated rings. The first-order chi connectivity index (χ1) is 5.74. The highest BCUT2D eigenvalue weighted by Crippen LogP contribution is 2.14. The third kappa shape index (κ3) is 2.19. The van der Waals surface area contributed by atoms with E-state index in [1.54, 1.807) is 0 Å². The van der Waals surface area contributed by atoms with E-state index in [0.717, 1.165) is 12.1 Å². The van der Waals surface area contributed by atoms with Crippen molar-refractivity contribution in [3.63, 3.8) is 0 Å². The molecule has 1 nitrogen and oxygen atoms in total. The standard InChI is InChI=1S/C11H15N/c1-4-5-11-8-10(9(2)3)6-7-12-11/h4,6-9H,1,5H2,2-3H3. The normalized spacial score (nSPS) is 10.2. The lowest BCUT2D eigenvalue weighted by Crippen LogP contribution is -1.92. The van der Waals surface area contributed by atoms with Gasteiger partial charge in [0.2, 0.25) is 0 Å². The fourth-order valence-electron chi connectivity index (χ4n) is 1.12. The minimum atomic E-state index is 0.580. The smallest absolute Gasteiger partial charge is 0.0443 e. The van der Waals surface area contributed by atoms with Crippen LogP contribution in [-0.4, -0.2) is 4.98 Å². The average molecular weight is 161 g/mol. The van der Waals surface area contributed by atoms with Gasteiger partial charge in [-0.2, -0.15) is 0 Å². The number of pyridine rings is 1. The Kier molecular flexibility index (Phi) is 3.03. The van der Waals surface area contributed by atoms with E-state index in [4.69, 9.17) is 0 Å². The predicted molar refractivity (Wildman–Crippen MR) is 52.2 cm³/mol. The van der Waals surface area contributed by atoms with Crippen LogP contribution in [0.2, 0.25) is 0 Å². The highest BCUT2D eigenvalue weighted by atomic mass is 14.7. The maximum absolute atomic E-state index is 4.24. The molecule has 64 valence electrons. The van der Waals surface area contributed by atoms with Gasteiger partial charge in [-0.1, -0.05) is 19.9 Å². The molecule has 0 atom stereocenters. The molecule has 12 heavy (non-hydrogen) atoms. The molecule has 1 aromatic rings. The molecule has 0 aliphatic rings. The van der Waals surface area contributed by atoms with Crippen LogP contribution in [0.5, 0.6) is 0 Å². The van der Waals surface area contributed by atoms with Gasteiger partial charge in [-0.3, -0.25) is 4.98 Å². The van der Waals surface area contributed by atoms with Crippen LogP contribution in [0.3, 0.4) is 0 Å². The van der Waals surface area contributed by atoms with Crippen LogP contribution in [0.15, 0.2) is 31.0 Å². The average Bonchev–Trinajstić information content (AvgIpc) is 2.05. The monoisotopic (exact) mass is 161 g/mol. The van der Waals surface area contributed by atoms with Gasteiger partial charge in [0.15, 0.2) is 0 Å². The molecule has 0 N–H and O–H groups in total. The number of hydrogen-bond acceptors (Lipinski definition) is 1. The van der Waals surface area contributed by atoms with Gasteiger partial charge in [-0.25, -0.2) is 0 Å². The topological polar surface area (TPSA) is 12.9 Å². The molecule has 0 aromatic carbocycles. The molecule has 0 aliphatic heterocycles. The Morgan fingerprint density at radius 3 is 2.92 bits per heavy atom. The fraction of sp³-hybridized carbons (Fsp3) is 0.364. The number of nitrogens with zero attached hydrogens (tertiary/aromatic N) is 1. The van der Waals surface area contributed by atoms with E-state index in [0.29, 0.717) is 5.92 Å². The van der Waals surface area contributed by atoms with Gasteiger partial charge in [0, 0.05) is 18.3 Å². The minimum Gasteiger partial charge on any atom is -0.261 e. The summed E-state index contributed by atoms with van der Waals surface area (Å²) >= 11 is 0. The second kappa shape index (κ2) is 4.05. The van der Waals surface area contributed by atoms with Crippen LogP contribution in [0.4, 0.5) is 0 Å². The van der Waals surface area contributed by atoms with Crippen LogP contribution in [0.1, 0.15) is 31.0 Å². The molecular formula is C11H15N. The van der Waals surface area contributed by atoms with Crippen LogP contribution in [-0.2, 0) is 6.42 Å². The lowest BCUT2D eigenvalue weighted by atomic mass is 10.0. The summed E-state index contributed by atoms with van der Waals surface area (Å²) in [4.78, 5) is 4.24. The molecule has 1 rings (SSSR count). The summed E-state index contributed by atoms with van der Waals surface area (Å²) in [5.74, 6) is 0.580. The van der Waals surface area contributed by atoms with E-state index in [1.165, 1.54) is 5.56 Å². The van der Waals surface area contributed by atoms with Gasteiger partial charge in [0.05, 0.1) is 0 Å². The SMILES string of the molecule is C=CCc1cc(C(C)C)ccn1. The Balaban J connectivity index is 2.87. The summed E-state index contributed by atoms with van der Waals surface area (Å²) < 4.78 is 0. The Morgan fingerprint density at radius 2 is 2.33 bits per heavy atom. The van der Waals surface area contributed by atoms with Crippen molar-refractivity contribution >= 4 is 0 Å². The highest BCUT2D eigenvalue weighted by Gasteiger charge is 1.99. The molecule has 0 saturated heterocycles. The van der Waals surface area contributed by atoms with E-state index < -0.39 is 0 Å². The van der Waals surface area contributed by atoms with Gasteiger partial charge in [-0.15, -0.1) is 6.58 Å². The van der Waals surface area contributed by atoms with E-state index in [9.17, 15) is 0 Å². The predicted octanol–water partition coefficient (Wildman–Crippen LogP) is 2.93. The van der Waals surface area contributed by atoms with E-state index in [2.05, 4.69) is 37.5 Å². The molecule has 0 aliphatic carbocycles. The quantitative estimate of drug-likeness (QED) is 0.621. The van der Waals surface area contributed by atoms with Gasteiger partial charge < -0.3 is 0 Å². The molecule has 0 saturated carbocycles. The first-order valence-corrected chi connectivity index (χ1v) is 4.29. The van der Waals surface area contributed by atoms with Crippen LogP contribution >= 0.6 is 0 Å². The molecule has 0 unspecified atom stereocenters. The largest absolute Gasteiger partial charge is 0.261 e. The number of aromatic nitrogens is 1. The minimum absolute atomic E-state index is 0.580. The van der Waals surface area contributed by atoms with Crippen LogP contribution < -0.4 is 0 Å². The van der Waals surface area contributed by atoms with E-state index in [1.807, 2.05) is 12.3 Å².